The van der Waals surface area contributed by atoms with Gasteiger partial charge in [-0.25, -0.2) is 9.07 Å². The zero-order valence-electron chi connectivity index (χ0n) is 13.5. The maximum Gasteiger partial charge on any atom is 0.266 e. The van der Waals surface area contributed by atoms with Crippen LogP contribution in [0.5, 0.6) is 5.75 Å². The third-order valence-corrected chi connectivity index (χ3v) is 4.20. The molecule has 0 saturated heterocycles. The number of amides is 1. The number of methoxy groups -OCH3 is 1. The minimum Gasteiger partial charge on any atom is -0.494 e. The molecular weight excluding hydrogens is 313 g/mol. The van der Waals surface area contributed by atoms with Crippen LogP contribution >= 0.6 is 0 Å². The van der Waals surface area contributed by atoms with E-state index in [1.165, 1.54) is 23.9 Å². The first-order valence-corrected chi connectivity index (χ1v) is 7.68. The van der Waals surface area contributed by atoms with E-state index in [0.717, 1.165) is 23.7 Å². The van der Waals surface area contributed by atoms with Gasteiger partial charge < -0.3 is 10.1 Å². The molecule has 1 aliphatic carbocycles. The molecular formula is C17H18FN3O3. The van der Waals surface area contributed by atoms with E-state index >= 15 is 0 Å². The molecule has 24 heavy (non-hydrogen) atoms. The van der Waals surface area contributed by atoms with Gasteiger partial charge in [-0.05, 0) is 43.0 Å². The predicted molar refractivity (Wildman–Crippen MR) is 85.7 cm³/mol. The molecule has 0 unspecified atom stereocenters. The molecule has 0 saturated carbocycles. The molecule has 3 rings (SSSR count). The summed E-state index contributed by atoms with van der Waals surface area (Å²) in [7, 11) is 2.99. The van der Waals surface area contributed by atoms with E-state index in [0.29, 0.717) is 12.8 Å². The van der Waals surface area contributed by atoms with Gasteiger partial charge >= 0.3 is 0 Å². The molecule has 2 aromatic rings. The van der Waals surface area contributed by atoms with Gasteiger partial charge in [0, 0.05) is 24.7 Å². The van der Waals surface area contributed by atoms with Crippen LogP contribution < -0.4 is 15.6 Å². The minimum atomic E-state index is -0.577. The second-order valence-electron chi connectivity index (χ2n) is 5.84. The van der Waals surface area contributed by atoms with Crippen molar-refractivity contribution in [3.8, 4) is 5.75 Å². The van der Waals surface area contributed by atoms with E-state index in [1.54, 1.807) is 13.1 Å². The quantitative estimate of drug-likeness (QED) is 0.918. The lowest BCUT2D eigenvalue weighted by atomic mass is 9.92. The van der Waals surface area contributed by atoms with E-state index < -0.39 is 5.82 Å². The molecule has 1 heterocycles. The lowest BCUT2D eigenvalue weighted by molar-refractivity contribution is 0.0933. The van der Waals surface area contributed by atoms with Crippen LogP contribution in [0.15, 0.2) is 29.1 Å². The smallest absolute Gasteiger partial charge is 0.266 e. The standard InChI is InChI=1S/C17H18FN3O3/c1-21-16(22)9-11-7-12(4-5-14(11)20-21)19-17(23)10-3-6-15(24-2)13(18)8-10/h3,6,8-9,12H,4-5,7H2,1-2H3,(H,19,23)/t12-/m0/s1. The van der Waals surface area contributed by atoms with Crippen LogP contribution in [-0.2, 0) is 19.9 Å². The minimum absolute atomic E-state index is 0.0973. The molecule has 1 aromatic heterocycles. The highest BCUT2D eigenvalue weighted by atomic mass is 19.1. The van der Waals surface area contributed by atoms with Gasteiger partial charge in [-0.3, -0.25) is 9.59 Å². The highest BCUT2D eigenvalue weighted by Gasteiger charge is 2.23. The van der Waals surface area contributed by atoms with Crippen LogP contribution in [0.1, 0.15) is 28.0 Å². The number of rotatable bonds is 3. The molecule has 1 atom stereocenters. The second-order valence-corrected chi connectivity index (χ2v) is 5.84. The first-order chi connectivity index (χ1) is 11.5. The Labute approximate surface area is 138 Å². The van der Waals surface area contributed by atoms with Gasteiger partial charge in [0.1, 0.15) is 0 Å². The number of aryl methyl sites for hydroxylation is 2. The average Bonchev–Trinajstić information content (AvgIpc) is 2.56. The fourth-order valence-electron chi connectivity index (χ4n) is 2.89. The van der Waals surface area contributed by atoms with Crippen molar-refractivity contribution in [3.63, 3.8) is 0 Å². The van der Waals surface area contributed by atoms with Gasteiger partial charge in [0.15, 0.2) is 11.6 Å². The fraction of sp³-hybridized carbons (Fsp3) is 0.353. The molecule has 0 fully saturated rings. The van der Waals surface area contributed by atoms with E-state index in [9.17, 15) is 14.0 Å². The van der Waals surface area contributed by atoms with Gasteiger partial charge in [-0.2, -0.15) is 5.10 Å². The molecule has 0 aliphatic heterocycles. The predicted octanol–water partition coefficient (Wildman–Crippen LogP) is 1.22. The number of ether oxygens (including phenoxy) is 1. The fourth-order valence-corrected chi connectivity index (χ4v) is 2.89. The topological polar surface area (TPSA) is 73.2 Å². The number of carbonyl (C=O) groups excluding carboxylic acids is 1. The number of halogens is 1. The lowest BCUT2D eigenvalue weighted by Crippen LogP contribution is -2.40. The van der Waals surface area contributed by atoms with E-state index in [1.807, 2.05) is 0 Å². The summed E-state index contributed by atoms with van der Waals surface area (Å²) in [5, 5.41) is 7.14. The number of nitrogens with one attached hydrogen (secondary N) is 1. The summed E-state index contributed by atoms with van der Waals surface area (Å²) in [5.41, 5.74) is 1.81. The van der Waals surface area contributed by atoms with Crippen molar-refractivity contribution in [1.29, 1.82) is 0 Å². The van der Waals surface area contributed by atoms with Crippen LogP contribution in [0, 0.1) is 5.82 Å². The van der Waals surface area contributed by atoms with Crippen molar-refractivity contribution in [2.45, 2.75) is 25.3 Å². The largest absolute Gasteiger partial charge is 0.494 e. The number of aromatic nitrogens is 2. The van der Waals surface area contributed by atoms with E-state index in [-0.39, 0.29) is 28.8 Å². The Morgan fingerprint density at radius 1 is 1.42 bits per heavy atom. The maximum atomic E-state index is 13.7. The second kappa shape index (κ2) is 6.43. The number of fused-ring (bicyclic) bond motifs is 1. The van der Waals surface area contributed by atoms with Crippen molar-refractivity contribution in [2.24, 2.45) is 7.05 Å². The first-order valence-electron chi connectivity index (χ1n) is 7.68. The van der Waals surface area contributed by atoms with Crippen LogP contribution in [0.25, 0.3) is 0 Å². The Balaban J connectivity index is 1.72. The molecule has 7 heteroatoms. The Morgan fingerprint density at radius 3 is 2.92 bits per heavy atom. The summed E-state index contributed by atoms with van der Waals surface area (Å²) in [6.07, 6.45) is 1.96. The zero-order chi connectivity index (χ0) is 17.3. The number of nitrogens with zero attached hydrogens (tertiary/aromatic N) is 2. The first kappa shape index (κ1) is 16.2. The zero-order valence-corrected chi connectivity index (χ0v) is 13.5. The monoisotopic (exact) mass is 331 g/mol. The number of carbonyl (C=O) groups is 1. The highest BCUT2D eigenvalue weighted by molar-refractivity contribution is 5.94. The van der Waals surface area contributed by atoms with Crippen molar-refractivity contribution in [3.05, 3.63) is 57.3 Å². The van der Waals surface area contributed by atoms with Crippen LogP contribution in [0.4, 0.5) is 4.39 Å². The molecule has 0 bridgehead atoms. The SMILES string of the molecule is COc1ccc(C(=O)N[C@H]2CCc3nn(C)c(=O)cc3C2)cc1F. The van der Waals surface area contributed by atoms with E-state index in [2.05, 4.69) is 10.4 Å². The molecule has 1 aliphatic rings. The number of hydrogen-bond acceptors (Lipinski definition) is 4. The van der Waals surface area contributed by atoms with Crippen LogP contribution in [-0.4, -0.2) is 28.8 Å². The molecule has 6 nitrogen and oxygen atoms in total. The van der Waals surface area contributed by atoms with Crippen molar-refractivity contribution in [2.75, 3.05) is 7.11 Å². The molecule has 1 N–H and O–H groups in total. The summed E-state index contributed by atoms with van der Waals surface area (Å²) in [5.74, 6) is -0.825. The van der Waals surface area contributed by atoms with Crippen LogP contribution in [0.2, 0.25) is 0 Å². The summed E-state index contributed by atoms with van der Waals surface area (Å²) < 4.78 is 19.9. The summed E-state index contributed by atoms with van der Waals surface area (Å²) in [6, 6.07) is 5.55. The van der Waals surface area contributed by atoms with Gasteiger partial charge in [-0.1, -0.05) is 0 Å². The highest BCUT2D eigenvalue weighted by Crippen LogP contribution is 2.20. The Kier molecular flexibility index (Phi) is 4.33. The Bertz CT molecular complexity index is 847. The van der Waals surface area contributed by atoms with Gasteiger partial charge in [0.2, 0.25) is 0 Å². The lowest BCUT2D eigenvalue weighted by Gasteiger charge is -2.25. The molecule has 1 amide bonds. The summed E-state index contributed by atoms with van der Waals surface area (Å²) in [4.78, 5) is 24.0. The normalized spacial score (nSPS) is 16.4. The van der Waals surface area contributed by atoms with Crippen LogP contribution in [0.3, 0.4) is 0 Å². The third kappa shape index (κ3) is 3.15. The molecule has 126 valence electrons. The molecule has 0 radical (unpaired) electrons. The summed E-state index contributed by atoms with van der Waals surface area (Å²) >= 11 is 0. The van der Waals surface area contributed by atoms with Gasteiger partial charge in [0.25, 0.3) is 11.5 Å². The van der Waals surface area contributed by atoms with E-state index in [4.69, 9.17) is 4.74 Å². The summed E-state index contributed by atoms with van der Waals surface area (Å²) in [6.45, 7) is 0. The number of benzene rings is 1. The third-order valence-electron chi connectivity index (χ3n) is 4.20. The van der Waals surface area contributed by atoms with Gasteiger partial charge in [0.05, 0.1) is 12.8 Å². The Hall–Kier alpha value is -2.70. The number of hydrogen-bond donors (Lipinski definition) is 1. The molecule has 0 spiro atoms. The Morgan fingerprint density at radius 2 is 2.21 bits per heavy atom. The van der Waals surface area contributed by atoms with Crippen molar-refractivity contribution < 1.29 is 13.9 Å². The van der Waals surface area contributed by atoms with Crippen molar-refractivity contribution >= 4 is 5.91 Å². The molecule has 1 aromatic carbocycles. The maximum absolute atomic E-state index is 13.7. The van der Waals surface area contributed by atoms with Gasteiger partial charge in [-0.15, -0.1) is 0 Å². The van der Waals surface area contributed by atoms with Crippen molar-refractivity contribution in [1.82, 2.24) is 15.1 Å². The average molecular weight is 331 g/mol.